The average molecular weight is 268 g/mol. The molecule has 0 fully saturated rings. The highest BCUT2D eigenvalue weighted by atomic mass is 32.1. The number of hydrogen-bond donors (Lipinski definition) is 1. The molecule has 0 spiro atoms. The van der Waals surface area contributed by atoms with Crippen LogP contribution in [-0.4, -0.2) is 4.98 Å². The molecule has 0 aliphatic carbocycles. The van der Waals surface area contributed by atoms with Gasteiger partial charge in [-0.05, 0) is 37.6 Å². The Balaban J connectivity index is 1.85. The molecule has 0 unspecified atom stereocenters. The van der Waals surface area contributed by atoms with E-state index in [9.17, 15) is 0 Å². The molecule has 1 aromatic carbocycles. The van der Waals surface area contributed by atoms with E-state index in [1.165, 1.54) is 20.7 Å². The Bertz CT molecular complexity index is 691. The number of nitrogens with one attached hydrogen (secondary N) is 1. The van der Waals surface area contributed by atoms with Crippen molar-refractivity contribution >= 4 is 27.9 Å². The maximum absolute atomic E-state index is 4.38. The molecule has 0 saturated carbocycles. The smallest absolute Gasteiger partial charge is 0.0722 e. The fourth-order valence-corrected chi connectivity index (χ4v) is 3.16. The third kappa shape index (κ3) is 2.47. The lowest BCUT2D eigenvalue weighted by Crippen LogP contribution is -1.98. The van der Waals surface area contributed by atoms with Gasteiger partial charge in [0.25, 0.3) is 0 Å². The maximum Gasteiger partial charge on any atom is 0.0722 e. The van der Waals surface area contributed by atoms with Gasteiger partial charge in [-0.3, -0.25) is 4.98 Å². The quantitative estimate of drug-likeness (QED) is 0.755. The van der Waals surface area contributed by atoms with Gasteiger partial charge in [-0.2, -0.15) is 0 Å². The Morgan fingerprint density at radius 1 is 1.16 bits per heavy atom. The lowest BCUT2D eigenvalue weighted by molar-refractivity contribution is 1.19. The summed E-state index contributed by atoms with van der Waals surface area (Å²) in [6.45, 7) is 5.20. The van der Waals surface area contributed by atoms with Crippen molar-refractivity contribution in [1.29, 1.82) is 0 Å². The SMILES string of the molecule is Cc1cc(CNc2ccnc3ccccc23)sc1C. The summed E-state index contributed by atoms with van der Waals surface area (Å²) in [5.74, 6) is 0. The van der Waals surface area contributed by atoms with E-state index in [1.807, 2.05) is 35.7 Å². The van der Waals surface area contributed by atoms with E-state index >= 15 is 0 Å². The van der Waals surface area contributed by atoms with Gasteiger partial charge in [0, 0.05) is 33.6 Å². The van der Waals surface area contributed by atoms with E-state index in [1.54, 1.807) is 0 Å². The normalized spacial score (nSPS) is 10.8. The summed E-state index contributed by atoms with van der Waals surface area (Å²) in [7, 11) is 0. The number of rotatable bonds is 3. The molecule has 0 amide bonds. The number of nitrogens with zero attached hydrogens (tertiary/aromatic N) is 1. The van der Waals surface area contributed by atoms with Crippen molar-refractivity contribution in [3.8, 4) is 0 Å². The van der Waals surface area contributed by atoms with Gasteiger partial charge in [-0.15, -0.1) is 11.3 Å². The zero-order chi connectivity index (χ0) is 13.2. The summed E-state index contributed by atoms with van der Waals surface area (Å²) in [6.07, 6.45) is 1.86. The Morgan fingerprint density at radius 2 is 2.00 bits per heavy atom. The van der Waals surface area contributed by atoms with Crippen molar-refractivity contribution in [2.24, 2.45) is 0 Å². The van der Waals surface area contributed by atoms with Crippen molar-refractivity contribution < 1.29 is 0 Å². The number of benzene rings is 1. The molecule has 1 N–H and O–H groups in total. The molecule has 0 bridgehead atoms. The van der Waals surface area contributed by atoms with Crippen molar-refractivity contribution in [1.82, 2.24) is 4.98 Å². The topological polar surface area (TPSA) is 24.9 Å². The molecular formula is C16H16N2S. The van der Waals surface area contributed by atoms with Gasteiger partial charge in [0.15, 0.2) is 0 Å². The highest BCUT2D eigenvalue weighted by Crippen LogP contribution is 2.24. The van der Waals surface area contributed by atoms with Gasteiger partial charge in [-0.25, -0.2) is 0 Å². The van der Waals surface area contributed by atoms with Gasteiger partial charge in [-0.1, -0.05) is 18.2 Å². The first-order valence-electron chi connectivity index (χ1n) is 6.37. The van der Waals surface area contributed by atoms with Crippen LogP contribution in [0.2, 0.25) is 0 Å². The van der Waals surface area contributed by atoms with Crippen LogP contribution in [0.15, 0.2) is 42.6 Å². The average Bonchev–Trinajstić information content (AvgIpc) is 2.75. The molecule has 3 aromatic rings. The third-order valence-corrected chi connectivity index (χ3v) is 4.47. The molecule has 96 valence electrons. The molecule has 19 heavy (non-hydrogen) atoms. The van der Waals surface area contributed by atoms with E-state index in [4.69, 9.17) is 0 Å². The van der Waals surface area contributed by atoms with Crippen LogP contribution in [0.5, 0.6) is 0 Å². The Hall–Kier alpha value is -1.87. The molecule has 0 saturated heterocycles. The van der Waals surface area contributed by atoms with E-state index < -0.39 is 0 Å². The van der Waals surface area contributed by atoms with Crippen molar-refractivity contribution in [3.05, 3.63) is 57.9 Å². The summed E-state index contributed by atoms with van der Waals surface area (Å²) in [5.41, 5.74) is 3.56. The summed E-state index contributed by atoms with van der Waals surface area (Å²) >= 11 is 1.86. The molecule has 0 aliphatic rings. The maximum atomic E-state index is 4.38. The minimum atomic E-state index is 0.868. The zero-order valence-corrected chi connectivity index (χ0v) is 11.9. The van der Waals surface area contributed by atoms with Crippen LogP contribution in [-0.2, 0) is 6.54 Å². The summed E-state index contributed by atoms with van der Waals surface area (Å²) in [6, 6.07) is 12.5. The third-order valence-electron chi connectivity index (χ3n) is 3.32. The standard InChI is InChI=1S/C16H16N2S/c1-11-9-13(19-12(11)2)10-18-16-7-8-17-15-6-4-3-5-14(15)16/h3-9H,10H2,1-2H3,(H,17,18). The van der Waals surface area contributed by atoms with E-state index in [-0.39, 0.29) is 0 Å². The highest BCUT2D eigenvalue weighted by Gasteiger charge is 2.03. The highest BCUT2D eigenvalue weighted by molar-refractivity contribution is 7.12. The second-order valence-electron chi connectivity index (χ2n) is 4.68. The van der Waals surface area contributed by atoms with Crippen LogP contribution >= 0.6 is 11.3 Å². The van der Waals surface area contributed by atoms with E-state index in [0.29, 0.717) is 0 Å². The predicted octanol–water partition coefficient (Wildman–Crippen LogP) is 4.53. The lowest BCUT2D eigenvalue weighted by Gasteiger charge is -2.08. The fraction of sp³-hybridized carbons (Fsp3) is 0.188. The Morgan fingerprint density at radius 3 is 2.79 bits per heavy atom. The number of hydrogen-bond acceptors (Lipinski definition) is 3. The number of fused-ring (bicyclic) bond motifs is 1. The fourth-order valence-electron chi connectivity index (χ4n) is 2.17. The van der Waals surface area contributed by atoms with Gasteiger partial charge in [0.05, 0.1) is 5.52 Å². The largest absolute Gasteiger partial charge is 0.380 e. The molecule has 2 heterocycles. The molecule has 3 heteroatoms. The number of anilines is 1. The van der Waals surface area contributed by atoms with Crippen LogP contribution in [0.3, 0.4) is 0 Å². The summed E-state index contributed by atoms with van der Waals surface area (Å²) in [5, 5.41) is 4.69. The number of aryl methyl sites for hydroxylation is 2. The van der Waals surface area contributed by atoms with Gasteiger partial charge in [0.1, 0.15) is 0 Å². The molecule has 2 nitrogen and oxygen atoms in total. The first-order chi connectivity index (χ1) is 9.24. The summed E-state index contributed by atoms with van der Waals surface area (Å²) in [4.78, 5) is 7.15. The Labute approximate surface area is 117 Å². The minimum Gasteiger partial charge on any atom is -0.380 e. The first kappa shape index (κ1) is 12.2. The molecule has 0 aliphatic heterocycles. The van der Waals surface area contributed by atoms with Gasteiger partial charge in [0.2, 0.25) is 0 Å². The predicted molar refractivity (Wildman–Crippen MR) is 82.9 cm³/mol. The molecule has 0 radical (unpaired) electrons. The van der Waals surface area contributed by atoms with Crippen molar-refractivity contribution in [2.75, 3.05) is 5.32 Å². The monoisotopic (exact) mass is 268 g/mol. The van der Waals surface area contributed by atoms with Crippen LogP contribution in [0.25, 0.3) is 10.9 Å². The molecular weight excluding hydrogens is 252 g/mol. The van der Waals surface area contributed by atoms with E-state index in [2.05, 4.69) is 42.3 Å². The number of para-hydroxylation sites is 1. The number of aromatic nitrogens is 1. The first-order valence-corrected chi connectivity index (χ1v) is 7.19. The van der Waals surface area contributed by atoms with Crippen LogP contribution in [0.4, 0.5) is 5.69 Å². The summed E-state index contributed by atoms with van der Waals surface area (Å²) < 4.78 is 0. The Kier molecular flexibility index (Phi) is 3.22. The van der Waals surface area contributed by atoms with Crippen LogP contribution < -0.4 is 5.32 Å². The second-order valence-corrected chi connectivity index (χ2v) is 6.02. The molecule has 2 aromatic heterocycles. The van der Waals surface area contributed by atoms with Crippen molar-refractivity contribution in [2.45, 2.75) is 20.4 Å². The van der Waals surface area contributed by atoms with Gasteiger partial charge < -0.3 is 5.32 Å². The van der Waals surface area contributed by atoms with Crippen LogP contribution in [0, 0.1) is 13.8 Å². The zero-order valence-electron chi connectivity index (χ0n) is 11.1. The number of thiophene rings is 1. The van der Waals surface area contributed by atoms with Gasteiger partial charge >= 0.3 is 0 Å². The van der Waals surface area contributed by atoms with Crippen LogP contribution in [0.1, 0.15) is 15.3 Å². The molecule has 0 atom stereocenters. The lowest BCUT2D eigenvalue weighted by atomic mass is 10.2. The minimum absolute atomic E-state index is 0.868. The number of pyridine rings is 1. The molecule has 3 rings (SSSR count). The van der Waals surface area contributed by atoms with E-state index in [0.717, 1.165) is 17.7 Å². The second kappa shape index (κ2) is 5.02. The van der Waals surface area contributed by atoms with Crippen molar-refractivity contribution in [3.63, 3.8) is 0 Å².